The van der Waals surface area contributed by atoms with Crippen LogP contribution in [0.1, 0.15) is 41.5 Å². The van der Waals surface area contributed by atoms with Crippen molar-refractivity contribution >= 4 is 29.6 Å². The predicted molar refractivity (Wildman–Crippen MR) is 136 cm³/mol. The highest BCUT2D eigenvalue weighted by Crippen LogP contribution is 2.42. The third-order valence-electron chi connectivity index (χ3n) is 4.62. The van der Waals surface area contributed by atoms with E-state index >= 15 is 0 Å². The van der Waals surface area contributed by atoms with Gasteiger partial charge in [0.05, 0.1) is 12.7 Å². The molecule has 186 valence electrons. The molecule has 0 spiro atoms. The zero-order valence-corrected chi connectivity index (χ0v) is 21.7. The summed E-state index contributed by atoms with van der Waals surface area (Å²) in [5.74, 6) is 0.665. The van der Waals surface area contributed by atoms with Crippen LogP contribution in [0, 0.1) is 0 Å². The summed E-state index contributed by atoms with van der Waals surface area (Å²) < 4.78 is 16.6. The van der Waals surface area contributed by atoms with Gasteiger partial charge < -0.3 is 14.2 Å². The Morgan fingerprint density at radius 1 is 0.886 bits per heavy atom. The van der Waals surface area contributed by atoms with Gasteiger partial charge in [-0.1, -0.05) is 35.9 Å². The first-order valence-corrected chi connectivity index (χ1v) is 11.4. The van der Waals surface area contributed by atoms with Crippen LogP contribution in [0.15, 0.2) is 48.5 Å². The van der Waals surface area contributed by atoms with Crippen molar-refractivity contribution in [3.63, 3.8) is 0 Å². The molecule has 0 saturated carbocycles. The van der Waals surface area contributed by atoms with Gasteiger partial charge in [0.25, 0.3) is 0 Å². The number of carbonyl (C=O) groups is 2. The average Bonchev–Trinajstić information content (AvgIpc) is 3.16. The highest BCUT2D eigenvalue weighted by molar-refractivity contribution is 6.30. The van der Waals surface area contributed by atoms with E-state index < -0.39 is 23.4 Å². The van der Waals surface area contributed by atoms with Crippen molar-refractivity contribution < 1.29 is 23.8 Å². The number of methoxy groups -OCH3 is 1. The summed E-state index contributed by atoms with van der Waals surface area (Å²) in [7, 11) is 1.56. The molecule has 9 heteroatoms. The van der Waals surface area contributed by atoms with Crippen molar-refractivity contribution in [2.45, 2.75) is 52.7 Å². The van der Waals surface area contributed by atoms with Gasteiger partial charge in [0.15, 0.2) is 5.82 Å². The standard InChI is InChI=1S/C26H30ClN3O5/c1-25(2,3)34-23(31)30(24(32)35-26(4,5)6)22-20(16-12-14-17(27)15-13-16)21(28-29-22)18-10-8-9-11-19(18)33-7/h8-15H,1-7H3,(H,28,29). The summed E-state index contributed by atoms with van der Waals surface area (Å²) in [5, 5.41) is 7.87. The SMILES string of the molecule is COc1ccccc1-c1n[nH]c(N(C(=O)OC(C)(C)C)C(=O)OC(C)(C)C)c1-c1ccc(Cl)cc1. The minimum absolute atomic E-state index is 0.0942. The molecule has 35 heavy (non-hydrogen) atoms. The Morgan fingerprint density at radius 3 is 1.94 bits per heavy atom. The summed E-state index contributed by atoms with van der Waals surface area (Å²) in [6.45, 7) is 10.3. The molecule has 3 rings (SSSR count). The molecule has 3 aromatic rings. The number of para-hydroxylation sites is 1. The molecule has 0 aliphatic carbocycles. The van der Waals surface area contributed by atoms with E-state index in [4.69, 9.17) is 25.8 Å². The number of halogens is 1. The van der Waals surface area contributed by atoms with Crippen LogP contribution in [0.2, 0.25) is 5.02 Å². The van der Waals surface area contributed by atoms with Crippen molar-refractivity contribution in [3.8, 4) is 28.1 Å². The zero-order chi connectivity index (χ0) is 26.0. The monoisotopic (exact) mass is 499 g/mol. The molecule has 0 radical (unpaired) electrons. The molecule has 2 aromatic carbocycles. The number of H-pyrrole nitrogens is 1. The van der Waals surface area contributed by atoms with Crippen molar-refractivity contribution in [3.05, 3.63) is 53.6 Å². The molecule has 0 aliphatic heterocycles. The Kier molecular flexibility index (Phi) is 7.45. The Morgan fingerprint density at radius 2 is 1.43 bits per heavy atom. The number of carbonyl (C=O) groups excluding carboxylic acids is 2. The predicted octanol–water partition coefficient (Wildman–Crippen LogP) is 7.08. The topological polar surface area (TPSA) is 93.8 Å². The highest BCUT2D eigenvalue weighted by atomic mass is 35.5. The van der Waals surface area contributed by atoms with Gasteiger partial charge in [0.1, 0.15) is 22.6 Å². The Labute approximate surface area is 210 Å². The number of amides is 2. The molecule has 0 aliphatic rings. The maximum atomic E-state index is 13.3. The van der Waals surface area contributed by atoms with Crippen LogP contribution < -0.4 is 9.64 Å². The number of rotatable bonds is 4. The van der Waals surface area contributed by atoms with Crippen LogP contribution >= 0.6 is 11.6 Å². The number of imide groups is 1. The number of benzene rings is 2. The second kappa shape index (κ2) is 10.00. The lowest BCUT2D eigenvalue weighted by atomic mass is 10.00. The quantitative estimate of drug-likeness (QED) is 0.412. The first kappa shape index (κ1) is 26.1. The minimum Gasteiger partial charge on any atom is -0.496 e. The maximum absolute atomic E-state index is 13.3. The Bertz CT molecular complexity index is 1180. The molecule has 1 heterocycles. The lowest BCUT2D eigenvalue weighted by Gasteiger charge is -2.28. The van der Waals surface area contributed by atoms with Crippen LogP contribution in [-0.2, 0) is 9.47 Å². The molecule has 0 saturated heterocycles. The largest absolute Gasteiger partial charge is 0.496 e. The third-order valence-corrected chi connectivity index (χ3v) is 4.87. The van der Waals surface area contributed by atoms with Gasteiger partial charge in [-0.3, -0.25) is 5.10 Å². The van der Waals surface area contributed by atoms with Crippen LogP contribution in [0.25, 0.3) is 22.4 Å². The normalized spacial score (nSPS) is 11.7. The van der Waals surface area contributed by atoms with E-state index in [9.17, 15) is 9.59 Å². The van der Waals surface area contributed by atoms with Crippen molar-refractivity contribution in [1.82, 2.24) is 10.2 Å². The van der Waals surface area contributed by atoms with Gasteiger partial charge in [0.2, 0.25) is 0 Å². The van der Waals surface area contributed by atoms with E-state index in [0.717, 1.165) is 4.90 Å². The highest BCUT2D eigenvalue weighted by Gasteiger charge is 2.37. The molecule has 0 bridgehead atoms. The van der Waals surface area contributed by atoms with Crippen LogP contribution in [0.4, 0.5) is 15.4 Å². The average molecular weight is 500 g/mol. The number of nitrogens with one attached hydrogen (secondary N) is 1. The number of anilines is 1. The number of nitrogens with zero attached hydrogens (tertiary/aromatic N) is 2. The first-order valence-electron chi connectivity index (χ1n) is 11.0. The summed E-state index contributed by atoms with van der Waals surface area (Å²) >= 11 is 6.12. The van der Waals surface area contributed by atoms with E-state index in [1.54, 1.807) is 79.0 Å². The van der Waals surface area contributed by atoms with E-state index in [2.05, 4.69) is 10.2 Å². The fourth-order valence-corrected chi connectivity index (χ4v) is 3.42. The second-order valence-corrected chi connectivity index (χ2v) is 10.2. The number of hydrogen-bond donors (Lipinski definition) is 1. The molecule has 0 fully saturated rings. The molecule has 1 aromatic heterocycles. The molecular weight excluding hydrogens is 470 g/mol. The van der Waals surface area contributed by atoms with E-state index in [1.807, 2.05) is 18.2 Å². The van der Waals surface area contributed by atoms with Crippen LogP contribution in [-0.4, -0.2) is 40.7 Å². The van der Waals surface area contributed by atoms with Gasteiger partial charge in [-0.25, -0.2) is 9.59 Å². The second-order valence-electron chi connectivity index (χ2n) is 9.80. The molecular formula is C26H30ClN3O5. The maximum Gasteiger partial charge on any atom is 0.425 e. The summed E-state index contributed by atoms with van der Waals surface area (Å²) in [6.07, 6.45) is -1.81. The number of aromatic nitrogens is 2. The van der Waals surface area contributed by atoms with Gasteiger partial charge in [-0.15, -0.1) is 0 Å². The van der Waals surface area contributed by atoms with Gasteiger partial charge in [0, 0.05) is 10.6 Å². The van der Waals surface area contributed by atoms with E-state index in [1.165, 1.54) is 0 Å². The molecule has 2 amide bonds. The van der Waals surface area contributed by atoms with Crippen molar-refractivity contribution in [1.29, 1.82) is 0 Å². The van der Waals surface area contributed by atoms with Gasteiger partial charge in [-0.05, 0) is 71.4 Å². The molecule has 8 nitrogen and oxygen atoms in total. The van der Waals surface area contributed by atoms with Crippen LogP contribution in [0.3, 0.4) is 0 Å². The fraction of sp³-hybridized carbons (Fsp3) is 0.346. The number of hydrogen-bond acceptors (Lipinski definition) is 6. The number of aromatic amines is 1. The van der Waals surface area contributed by atoms with E-state index in [-0.39, 0.29) is 5.82 Å². The Balaban J connectivity index is 2.28. The van der Waals surface area contributed by atoms with Crippen molar-refractivity contribution in [2.24, 2.45) is 0 Å². The molecule has 1 N–H and O–H groups in total. The molecule has 0 atom stereocenters. The zero-order valence-electron chi connectivity index (χ0n) is 20.9. The minimum atomic E-state index is -0.905. The fourth-order valence-electron chi connectivity index (χ4n) is 3.29. The summed E-state index contributed by atoms with van der Waals surface area (Å²) in [4.78, 5) is 27.4. The van der Waals surface area contributed by atoms with E-state index in [0.29, 0.717) is 33.2 Å². The smallest absolute Gasteiger partial charge is 0.425 e. The number of ether oxygens (including phenoxy) is 3. The Hall–Kier alpha value is -3.52. The third kappa shape index (κ3) is 6.33. The molecule has 0 unspecified atom stereocenters. The summed E-state index contributed by atoms with van der Waals surface area (Å²) in [6, 6.07) is 14.3. The van der Waals surface area contributed by atoms with Gasteiger partial charge in [-0.2, -0.15) is 10.00 Å². The van der Waals surface area contributed by atoms with Crippen molar-refractivity contribution in [2.75, 3.05) is 12.0 Å². The summed E-state index contributed by atoms with van der Waals surface area (Å²) in [5.41, 5.74) is 0.554. The van der Waals surface area contributed by atoms with Gasteiger partial charge >= 0.3 is 12.2 Å². The van der Waals surface area contributed by atoms with Crippen LogP contribution in [0.5, 0.6) is 5.75 Å². The first-order chi connectivity index (χ1) is 16.3. The lowest BCUT2D eigenvalue weighted by Crippen LogP contribution is -2.44. The lowest BCUT2D eigenvalue weighted by molar-refractivity contribution is 0.0429.